The van der Waals surface area contributed by atoms with Gasteiger partial charge in [-0.05, 0) is 32.4 Å². The summed E-state index contributed by atoms with van der Waals surface area (Å²) in [5, 5.41) is 6.59. The summed E-state index contributed by atoms with van der Waals surface area (Å²) in [6.07, 6.45) is 0.712. The molecule has 2 aromatic heterocycles. The summed E-state index contributed by atoms with van der Waals surface area (Å²) >= 11 is 1.67. The Morgan fingerprint density at radius 1 is 1.15 bits per heavy atom. The third kappa shape index (κ3) is 4.65. The van der Waals surface area contributed by atoms with Crippen LogP contribution in [-0.4, -0.2) is 21.5 Å². The predicted octanol–water partition coefficient (Wildman–Crippen LogP) is 2.89. The van der Waals surface area contributed by atoms with E-state index in [2.05, 4.69) is 39.5 Å². The number of thiazole rings is 1. The second-order valence-electron chi connectivity index (χ2n) is 5.48. The molecule has 0 radical (unpaired) electrons. The largest absolute Gasteiger partial charge is 0.311 e. The van der Waals surface area contributed by atoms with Crippen LogP contribution in [0.15, 0.2) is 11.4 Å². The van der Waals surface area contributed by atoms with Crippen molar-refractivity contribution in [3.05, 3.63) is 39.4 Å². The maximum Gasteiger partial charge on any atom is 0.134 e. The molecule has 2 aromatic rings. The quantitative estimate of drug-likeness (QED) is 0.889. The second kappa shape index (κ2) is 6.90. The lowest BCUT2D eigenvalue weighted by Crippen LogP contribution is -2.20. The fourth-order valence-corrected chi connectivity index (χ4v) is 2.62. The maximum atomic E-state index is 4.63. The highest BCUT2D eigenvalue weighted by molar-refractivity contribution is 7.09. The number of aromatic nitrogens is 3. The van der Waals surface area contributed by atoms with Crippen molar-refractivity contribution >= 4 is 11.3 Å². The first-order valence-corrected chi connectivity index (χ1v) is 7.86. The zero-order valence-electron chi connectivity index (χ0n) is 12.6. The third-order valence-electron chi connectivity index (χ3n) is 2.82. The van der Waals surface area contributed by atoms with Gasteiger partial charge < -0.3 is 5.32 Å². The molecule has 2 heterocycles. The predicted molar refractivity (Wildman–Crippen MR) is 83.0 cm³/mol. The number of hydrogen-bond donors (Lipinski definition) is 1. The fourth-order valence-electron chi connectivity index (χ4n) is 2.01. The van der Waals surface area contributed by atoms with Crippen LogP contribution in [-0.2, 0) is 13.0 Å². The lowest BCUT2D eigenvalue weighted by Gasteiger charge is -2.08. The molecule has 0 fully saturated rings. The Morgan fingerprint density at radius 2 is 1.95 bits per heavy atom. The van der Waals surface area contributed by atoms with Crippen molar-refractivity contribution in [2.75, 3.05) is 6.54 Å². The van der Waals surface area contributed by atoms with E-state index in [1.807, 2.05) is 19.9 Å². The van der Waals surface area contributed by atoms with Gasteiger partial charge in [0.15, 0.2) is 0 Å². The van der Waals surface area contributed by atoms with E-state index in [0.717, 1.165) is 41.0 Å². The maximum absolute atomic E-state index is 4.63. The summed E-state index contributed by atoms with van der Waals surface area (Å²) in [4.78, 5) is 13.6. The lowest BCUT2D eigenvalue weighted by molar-refractivity contribution is 0.547. The first-order chi connectivity index (χ1) is 9.52. The molecular weight excluding hydrogens is 268 g/mol. The molecule has 0 aliphatic heterocycles. The normalized spacial score (nSPS) is 11.2. The van der Waals surface area contributed by atoms with Crippen LogP contribution in [0.1, 0.15) is 41.8 Å². The highest BCUT2D eigenvalue weighted by atomic mass is 32.1. The molecule has 0 atom stereocenters. The number of aryl methyl sites for hydroxylation is 2. The van der Waals surface area contributed by atoms with Gasteiger partial charge in [0.25, 0.3) is 0 Å². The van der Waals surface area contributed by atoms with Crippen LogP contribution in [0.3, 0.4) is 0 Å². The van der Waals surface area contributed by atoms with Gasteiger partial charge in [0.1, 0.15) is 5.82 Å². The van der Waals surface area contributed by atoms with Crippen LogP contribution in [0.4, 0.5) is 0 Å². The van der Waals surface area contributed by atoms with E-state index in [4.69, 9.17) is 0 Å². The van der Waals surface area contributed by atoms with E-state index in [9.17, 15) is 0 Å². The number of nitrogens with one attached hydrogen (secondary N) is 1. The highest BCUT2D eigenvalue weighted by Crippen LogP contribution is 2.12. The van der Waals surface area contributed by atoms with Gasteiger partial charge in [-0.1, -0.05) is 13.8 Å². The first-order valence-electron chi connectivity index (χ1n) is 6.98. The zero-order chi connectivity index (χ0) is 14.5. The Morgan fingerprint density at radius 3 is 2.60 bits per heavy atom. The number of rotatable bonds is 6. The molecular formula is C15H22N4S. The minimum Gasteiger partial charge on any atom is -0.311 e. The molecule has 20 heavy (non-hydrogen) atoms. The van der Waals surface area contributed by atoms with Crippen molar-refractivity contribution in [2.24, 2.45) is 5.92 Å². The van der Waals surface area contributed by atoms with Gasteiger partial charge in [0.2, 0.25) is 0 Å². The van der Waals surface area contributed by atoms with E-state index in [1.54, 1.807) is 11.3 Å². The molecule has 0 aliphatic rings. The first kappa shape index (κ1) is 15.1. The Bertz CT molecular complexity index is 563. The molecule has 5 heteroatoms. The Kier molecular flexibility index (Phi) is 5.20. The van der Waals surface area contributed by atoms with Crippen molar-refractivity contribution in [3.63, 3.8) is 0 Å². The van der Waals surface area contributed by atoms with Crippen molar-refractivity contribution in [3.8, 4) is 0 Å². The fraction of sp³-hybridized carbons (Fsp3) is 0.533. The number of hydrogen-bond acceptors (Lipinski definition) is 5. The Hall–Kier alpha value is -1.33. The zero-order valence-corrected chi connectivity index (χ0v) is 13.4. The molecule has 0 saturated carbocycles. The van der Waals surface area contributed by atoms with Gasteiger partial charge in [-0.25, -0.2) is 15.0 Å². The van der Waals surface area contributed by atoms with Crippen molar-refractivity contribution < 1.29 is 0 Å². The summed E-state index contributed by atoms with van der Waals surface area (Å²) in [6.45, 7) is 10.2. The van der Waals surface area contributed by atoms with Gasteiger partial charge in [-0.2, -0.15) is 0 Å². The van der Waals surface area contributed by atoms with Crippen molar-refractivity contribution in [2.45, 2.75) is 40.7 Å². The van der Waals surface area contributed by atoms with E-state index in [-0.39, 0.29) is 0 Å². The summed E-state index contributed by atoms with van der Waals surface area (Å²) in [5.41, 5.74) is 3.13. The van der Waals surface area contributed by atoms with Gasteiger partial charge in [-0.15, -0.1) is 11.3 Å². The molecule has 108 valence electrons. The van der Waals surface area contributed by atoms with Crippen molar-refractivity contribution in [1.82, 2.24) is 20.3 Å². The molecule has 1 N–H and O–H groups in total. The van der Waals surface area contributed by atoms with Gasteiger partial charge in [0, 0.05) is 17.6 Å². The molecule has 4 nitrogen and oxygen atoms in total. The third-order valence-corrected chi connectivity index (χ3v) is 3.64. The summed E-state index contributed by atoms with van der Waals surface area (Å²) in [7, 11) is 0. The molecule has 2 rings (SSSR count). The highest BCUT2D eigenvalue weighted by Gasteiger charge is 2.06. The van der Waals surface area contributed by atoms with Gasteiger partial charge in [0.05, 0.1) is 22.8 Å². The minimum atomic E-state index is 0.649. The molecule has 0 spiro atoms. The van der Waals surface area contributed by atoms with E-state index < -0.39 is 0 Å². The molecule has 0 aliphatic carbocycles. The average molecular weight is 290 g/mol. The SMILES string of the molecule is Cc1cc(CNCC(C)C)nc(Cc2csc(C)n2)n1. The van der Waals surface area contributed by atoms with Crippen LogP contribution in [0.2, 0.25) is 0 Å². The summed E-state index contributed by atoms with van der Waals surface area (Å²) in [6, 6.07) is 2.04. The summed E-state index contributed by atoms with van der Waals surface area (Å²) < 4.78 is 0. The molecule has 0 unspecified atom stereocenters. The molecule has 0 bridgehead atoms. The topological polar surface area (TPSA) is 50.7 Å². The van der Waals surface area contributed by atoms with Crippen LogP contribution in [0, 0.1) is 19.8 Å². The second-order valence-corrected chi connectivity index (χ2v) is 6.54. The summed E-state index contributed by atoms with van der Waals surface area (Å²) in [5.74, 6) is 1.51. The lowest BCUT2D eigenvalue weighted by atomic mass is 10.2. The Balaban J connectivity index is 2.04. The van der Waals surface area contributed by atoms with Gasteiger partial charge in [-0.3, -0.25) is 0 Å². The van der Waals surface area contributed by atoms with Crippen LogP contribution in [0.5, 0.6) is 0 Å². The molecule has 0 aromatic carbocycles. The van der Waals surface area contributed by atoms with E-state index in [0.29, 0.717) is 12.3 Å². The van der Waals surface area contributed by atoms with Crippen molar-refractivity contribution in [1.29, 1.82) is 0 Å². The smallest absolute Gasteiger partial charge is 0.134 e. The minimum absolute atomic E-state index is 0.649. The van der Waals surface area contributed by atoms with E-state index in [1.165, 1.54) is 0 Å². The monoisotopic (exact) mass is 290 g/mol. The van der Waals surface area contributed by atoms with Gasteiger partial charge >= 0.3 is 0 Å². The number of nitrogens with zero attached hydrogens (tertiary/aromatic N) is 3. The van der Waals surface area contributed by atoms with Crippen LogP contribution < -0.4 is 5.32 Å². The van der Waals surface area contributed by atoms with Crippen LogP contribution >= 0.6 is 11.3 Å². The average Bonchev–Trinajstić information content (AvgIpc) is 2.73. The molecule has 0 saturated heterocycles. The molecule has 0 amide bonds. The standard InChI is InChI=1S/C15H22N4S/c1-10(2)7-16-8-13-5-11(3)17-15(19-13)6-14-9-20-12(4)18-14/h5,9-10,16H,6-8H2,1-4H3. The van der Waals surface area contributed by atoms with Crippen LogP contribution in [0.25, 0.3) is 0 Å². The Labute approximate surface area is 124 Å². The van der Waals surface area contributed by atoms with E-state index >= 15 is 0 Å².